The molecule has 5 nitrogen and oxygen atoms in total. The minimum absolute atomic E-state index is 1.30. The molecule has 0 aliphatic rings. The van der Waals surface area contributed by atoms with Crippen molar-refractivity contribution < 1.29 is 30.4 Å². The Labute approximate surface area is 80.2 Å². The molecule has 86 valence electrons. The van der Waals surface area contributed by atoms with Gasteiger partial charge in [0, 0.05) is 0 Å². The number of thiol groups is 1. The van der Waals surface area contributed by atoms with Gasteiger partial charge in [-0.1, -0.05) is 0 Å². The Morgan fingerprint density at radius 2 is 1.47 bits per heavy atom. The van der Waals surface area contributed by atoms with Gasteiger partial charge in [-0.05, 0) is 0 Å². The van der Waals surface area contributed by atoms with E-state index in [-0.39, 0.29) is 0 Å². The molecule has 1 aromatic rings. The number of H-pyrrole nitrogens is 1. The first kappa shape index (κ1) is 11.8. The lowest BCUT2D eigenvalue weighted by Gasteiger charge is -2.08. The molecule has 0 unspecified atom stereocenters. The quantitative estimate of drug-likeness (QED) is 0.592. The second kappa shape index (κ2) is 3.40. The van der Waals surface area contributed by atoms with Crippen LogP contribution in [0.2, 0.25) is 0 Å². The maximum absolute atomic E-state index is 12.7. The minimum atomic E-state index is -5.20. The van der Waals surface area contributed by atoms with Crippen LogP contribution in [0.15, 0.2) is 0 Å². The van der Waals surface area contributed by atoms with Gasteiger partial charge in [-0.2, -0.15) is 37.4 Å². The van der Waals surface area contributed by atoms with Crippen LogP contribution in [0.3, 0.4) is 0 Å². The highest BCUT2D eigenvalue weighted by Crippen LogP contribution is 2.36. The van der Waals surface area contributed by atoms with Crippen LogP contribution in [-0.4, -0.2) is 23.8 Å². The van der Waals surface area contributed by atoms with Crippen molar-refractivity contribution in [3.8, 4) is 0 Å². The zero-order chi connectivity index (χ0) is 11.9. The van der Waals surface area contributed by atoms with Gasteiger partial charge in [-0.15, -0.1) is 0 Å². The monoisotopic (exact) mass is 251 g/mol. The average molecular weight is 251 g/mol. The van der Waals surface area contributed by atoms with Crippen molar-refractivity contribution in [2.24, 2.45) is 0 Å². The fourth-order valence-corrected chi connectivity index (χ4v) is 1.05. The van der Waals surface area contributed by atoms with Crippen LogP contribution >= 0.6 is 0 Å². The van der Waals surface area contributed by atoms with Crippen molar-refractivity contribution in [3.05, 3.63) is 11.4 Å². The molecule has 0 saturated heterocycles. The van der Waals surface area contributed by atoms with Gasteiger partial charge in [0.15, 0.2) is 11.4 Å². The molecule has 0 spiro atoms. The summed E-state index contributed by atoms with van der Waals surface area (Å²) >= 11 is 0. The molecule has 0 aliphatic heterocycles. The molecule has 0 saturated carbocycles. The van der Waals surface area contributed by atoms with Gasteiger partial charge in [0.1, 0.15) is 0 Å². The number of aromatic amines is 1. The molecule has 0 radical (unpaired) electrons. The minimum Gasteiger partial charge on any atom is -0.225 e. The van der Waals surface area contributed by atoms with Crippen molar-refractivity contribution in [1.29, 1.82) is 0 Å². The molecule has 11 heteroatoms. The van der Waals surface area contributed by atoms with Gasteiger partial charge in [-0.3, -0.25) is 0 Å². The summed E-state index contributed by atoms with van der Waals surface area (Å²) in [5.41, 5.74) is -4.00. The summed E-state index contributed by atoms with van der Waals surface area (Å²) in [6.07, 6.45) is -5.20. The highest BCUT2D eigenvalue weighted by Gasteiger charge is 2.49. The summed E-state index contributed by atoms with van der Waals surface area (Å²) in [7, 11) is -4.41. The van der Waals surface area contributed by atoms with Crippen LogP contribution in [0.25, 0.3) is 0 Å². The van der Waals surface area contributed by atoms with E-state index in [1.807, 2.05) is 0 Å². The number of rotatable bonds is 2. The molecular formula is C4H2F5N3O2S. The van der Waals surface area contributed by atoms with E-state index < -0.39 is 33.5 Å². The average Bonchev–Trinajstić information content (AvgIpc) is 2.49. The van der Waals surface area contributed by atoms with Crippen LogP contribution in [0.4, 0.5) is 22.0 Å². The van der Waals surface area contributed by atoms with Gasteiger partial charge in [0.2, 0.25) is 10.7 Å². The summed E-state index contributed by atoms with van der Waals surface area (Å²) in [5.74, 6) is 0. The van der Waals surface area contributed by atoms with E-state index in [0.29, 0.717) is 0 Å². The Kier molecular flexibility index (Phi) is 2.67. The molecule has 0 atom stereocenters. The smallest absolute Gasteiger partial charge is 0.225 e. The second-order valence-electron chi connectivity index (χ2n) is 2.32. The number of aromatic nitrogens is 3. The molecule has 1 aromatic heterocycles. The molecule has 1 heterocycles. The third-order valence-electron chi connectivity index (χ3n) is 1.33. The van der Waals surface area contributed by atoms with Crippen LogP contribution < -0.4 is 0 Å². The Morgan fingerprint density at radius 1 is 1.00 bits per heavy atom. The lowest BCUT2D eigenvalue weighted by molar-refractivity contribution is -0.143. The van der Waals surface area contributed by atoms with Crippen molar-refractivity contribution in [2.75, 3.05) is 0 Å². The zero-order valence-electron chi connectivity index (χ0n) is 6.55. The molecule has 0 aliphatic carbocycles. The third-order valence-corrected chi connectivity index (χ3v) is 2.00. The fraction of sp³-hybridized carbons (Fsp3) is 0.500. The number of alkyl halides is 5. The van der Waals surface area contributed by atoms with Crippen LogP contribution in [0, 0.1) is 0 Å². The van der Waals surface area contributed by atoms with E-state index in [4.69, 9.17) is 0 Å². The lowest BCUT2D eigenvalue weighted by Crippen LogP contribution is -2.21. The molecule has 0 amide bonds. The van der Waals surface area contributed by atoms with Crippen LogP contribution in [0.1, 0.15) is 11.4 Å². The third kappa shape index (κ3) is 2.06. The summed E-state index contributed by atoms with van der Waals surface area (Å²) < 4.78 is 81.5. The van der Waals surface area contributed by atoms with E-state index in [2.05, 4.69) is 10.2 Å². The molecule has 1 rings (SSSR count). The molecular weight excluding hydrogens is 249 g/mol. The predicted octanol–water partition coefficient (Wildman–Crippen LogP) is 0.484. The lowest BCUT2D eigenvalue weighted by atomic mass is 10.3. The summed E-state index contributed by atoms with van der Waals surface area (Å²) in [4.78, 5) is 0. The topological polar surface area (TPSA) is 75.7 Å². The van der Waals surface area contributed by atoms with Crippen LogP contribution in [-0.2, 0) is 22.1 Å². The number of hydrogen-bond donors (Lipinski definition) is 2. The zero-order valence-corrected chi connectivity index (χ0v) is 7.44. The van der Waals surface area contributed by atoms with Crippen molar-refractivity contribution in [2.45, 2.75) is 11.4 Å². The Balaban J connectivity index is 3.34. The molecule has 0 aromatic carbocycles. The predicted molar refractivity (Wildman–Crippen MR) is 35.6 cm³/mol. The molecule has 0 fully saturated rings. The summed E-state index contributed by atoms with van der Waals surface area (Å²) in [6.45, 7) is 0. The highest BCUT2D eigenvalue weighted by molar-refractivity contribution is 7.73. The van der Waals surface area contributed by atoms with Gasteiger partial charge in [0.25, 0.3) is 0 Å². The van der Waals surface area contributed by atoms with Crippen LogP contribution in [0.5, 0.6) is 0 Å². The van der Waals surface area contributed by atoms with Crippen molar-refractivity contribution in [3.63, 3.8) is 0 Å². The highest BCUT2D eigenvalue weighted by atomic mass is 32.2. The summed E-state index contributed by atoms with van der Waals surface area (Å²) in [6, 6.07) is 0. The van der Waals surface area contributed by atoms with E-state index >= 15 is 0 Å². The van der Waals surface area contributed by atoms with Crippen molar-refractivity contribution >= 4 is 10.7 Å². The number of hydrogen-bond acceptors (Lipinski definition) is 4. The SMILES string of the molecule is O=[SH](=O)C(F)(F)c1n[nH]nc1C(F)(F)F. The van der Waals surface area contributed by atoms with E-state index in [1.165, 1.54) is 5.21 Å². The second-order valence-corrected chi connectivity index (χ2v) is 3.39. The van der Waals surface area contributed by atoms with E-state index in [9.17, 15) is 30.4 Å². The first-order valence-electron chi connectivity index (χ1n) is 3.18. The van der Waals surface area contributed by atoms with Gasteiger partial charge >= 0.3 is 11.4 Å². The van der Waals surface area contributed by atoms with E-state index in [0.717, 1.165) is 0 Å². The first-order chi connectivity index (χ1) is 6.67. The molecule has 15 heavy (non-hydrogen) atoms. The fourth-order valence-electron chi connectivity index (χ4n) is 0.725. The largest absolute Gasteiger partial charge is 0.437 e. The van der Waals surface area contributed by atoms with Crippen molar-refractivity contribution in [1.82, 2.24) is 15.4 Å². The first-order valence-corrected chi connectivity index (χ1v) is 4.36. The maximum atomic E-state index is 12.7. The number of nitrogens with zero attached hydrogens (tertiary/aromatic N) is 2. The molecule has 0 bridgehead atoms. The van der Waals surface area contributed by atoms with Gasteiger partial charge in [0.05, 0.1) is 0 Å². The standard InChI is InChI=1S/C4H2F5N3O2S/c5-3(6,7)1-2(11-12-10-1)4(8,9)15(13)14/h15H,(H,10,11,12). The normalized spacial score (nSPS) is 13.5. The number of halogens is 5. The van der Waals surface area contributed by atoms with E-state index in [1.54, 1.807) is 0 Å². The summed E-state index contributed by atoms with van der Waals surface area (Å²) in [5, 5.41) is 1.51. The number of nitrogens with one attached hydrogen (secondary N) is 1. The molecule has 1 N–H and O–H groups in total. The van der Waals surface area contributed by atoms with Gasteiger partial charge in [-0.25, -0.2) is 8.42 Å². The Morgan fingerprint density at radius 3 is 1.87 bits per heavy atom. The maximum Gasteiger partial charge on any atom is 0.437 e. The Hall–Kier alpha value is -1.26. The Bertz CT molecular complexity index is 428. The van der Waals surface area contributed by atoms with Gasteiger partial charge < -0.3 is 0 Å².